The molecule has 0 aromatic carbocycles. The van der Waals surface area contributed by atoms with Crippen LogP contribution in [-0.2, 0) is 4.74 Å². The minimum atomic E-state index is 0.286. The molecular weight excluding hydrogens is 178 g/mol. The number of hydrogen-bond donors (Lipinski definition) is 1. The van der Waals surface area contributed by atoms with Gasteiger partial charge in [0, 0.05) is 12.3 Å². The second kappa shape index (κ2) is 3.86. The Morgan fingerprint density at radius 2 is 2.29 bits per heavy atom. The molecule has 0 spiro atoms. The third-order valence-corrected chi connectivity index (χ3v) is 3.03. The van der Waals surface area contributed by atoms with Gasteiger partial charge in [0.25, 0.3) is 0 Å². The topological polar surface area (TPSA) is 41.8 Å². The van der Waals surface area contributed by atoms with Gasteiger partial charge in [0.2, 0.25) is 0 Å². The summed E-state index contributed by atoms with van der Waals surface area (Å²) in [6.07, 6.45) is 8.11. The van der Waals surface area contributed by atoms with E-state index in [4.69, 9.17) is 9.94 Å². The molecule has 2 rings (SSSR count). The van der Waals surface area contributed by atoms with Gasteiger partial charge in [0.1, 0.15) is 0 Å². The number of ether oxygens (including phenoxy) is 1. The highest BCUT2D eigenvalue weighted by atomic mass is 16.5. The van der Waals surface area contributed by atoms with Gasteiger partial charge in [-0.15, -0.1) is 0 Å². The van der Waals surface area contributed by atoms with Crippen molar-refractivity contribution in [2.24, 2.45) is 11.1 Å². The molecule has 0 saturated heterocycles. The first-order valence-corrected chi connectivity index (χ1v) is 4.99. The van der Waals surface area contributed by atoms with Gasteiger partial charge < -0.3 is 9.94 Å². The molecule has 0 bridgehead atoms. The molecule has 1 fully saturated rings. The molecule has 1 saturated carbocycles. The third-order valence-electron chi connectivity index (χ3n) is 3.03. The number of hydrogen-bond acceptors (Lipinski definition) is 3. The number of methoxy groups -OCH3 is 1. The summed E-state index contributed by atoms with van der Waals surface area (Å²) in [5.74, 6) is 1.26. The molecule has 0 aromatic heterocycles. The van der Waals surface area contributed by atoms with Crippen LogP contribution in [0.4, 0.5) is 0 Å². The SMILES string of the molecule is COC1=CC=C2CCC/C(=N\O)C2C1. The fourth-order valence-corrected chi connectivity index (χ4v) is 2.22. The molecule has 0 radical (unpaired) electrons. The van der Waals surface area contributed by atoms with Crippen LogP contribution in [-0.4, -0.2) is 18.0 Å². The molecule has 1 atom stereocenters. The van der Waals surface area contributed by atoms with E-state index in [2.05, 4.69) is 11.2 Å². The summed E-state index contributed by atoms with van der Waals surface area (Å²) in [4.78, 5) is 0. The molecule has 2 aliphatic rings. The zero-order chi connectivity index (χ0) is 9.97. The average molecular weight is 193 g/mol. The molecular formula is C11H15NO2. The van der Waals surface area contributed by atoms with Crippen LogP contribution in [0.3, 0.4) is 0 Å². The molecule has 1 N–H and O–H groups in total. The summed E-state index contributed by atoms with van der Waals surface area (Å²) in [5, 5.41) is 12.3. The number of allylic oxidation sites excluding steroid dienone is 4. The molecule has 3 nitrogen and oxygen atoms in total. The van der Waals surface area contributed by atoms with Crippen LogP contribution in [0.1, 0.15) is 25.7 Å². The fourth-order valence-electron chi connectivity index (χ4n) is 2.22. The van der Waals surface area contributed by atoms with Gasteiger partial charge >= 0.3 is 0 Å². The summed E-state index contributed by atoms with van der Waals surface area (Å²) in [5.41, 5.74) is 2.29. The van der Waals surface area contributed by atoms with Gasteiger partial charge in [-0.05, 0) is 25.3 Å². The van der Waals surface area contributed by atoms with Gasteiger partial charge in [-0.3, -0.25) is 0 Å². The lowest BCUT2D eigenvalue weighted by molar-refractivity contribution is 0.265. The molecule has 0 aromatic rings. The maximum absolute atomic E-state index is 8.89. The van der Waals surface area contributed by atoms with Crippen LogP contribution in [0.25, 0.3) is 0 Å². The number of fused-ring (bicyclic) bond motifs is 1. The molecule has 3 heteroatoms. The number of oxime groups is 1. The lowest BCUT2D eigenvalue weighted by Crippen LogP contribution is -2.24. The Hall–Kier alpha value is -1.25. The van der Waals surface area contributed by atoms with E-state index in [1.807, 2.05) is 6.08 Å². The van der Waals surface area contributed by atoms with Crippen molar-refractivity contribution < 1.29 is 9.94 Å². The first kappa shape index (κ1) is 9.31. The van der Waals surface area contributed by atoms with E-state index >= 15 is 0 Å². The monoisotopic (exact) mass is 193 g/mol. The van der Waals surface area contributed by atoms with E-state index in [-0.39, 0.29) is 5.92 Å². The van der Waals surface area contributed by atoms with Crippen molar-refractivity contribution in [3.8, 4) is 0 Å². The Labute approximate surface area is 83.8 Å². The average Bonchev–Trinajstić information content (AvgIpc) is 2.27. The molecule has 0 amide bonds. The lowest BCUT2D eigenvalue weighted by atomic mass is 9.78. The van der Waals surface area contributed by atoms with Crippen molar-refractivity contribution >= 4 is 5.71 Å². The second-order valence-corrected chi connectivity index (χ2v) is 3.78. The van der Waals surface area contributed by atoms with E-state index in [1.165, 1.54) is 5.57 Å². The first-order valence-electron chi connectivity index (χ1n) is 4.99. The van der Waals surface area contributed by atoms with Crippen LogP contribution in [0.2, 0.25) is 0 Å². The highest BCUT2D eigenvalue weighted by molar-refractivity contribution is 5.90. The van der Waals surface area contributed by atoms with Crippen LogP contribution in [0, 0.1) is 5.92 Å². The second-order valence-electron chi connectivity index (χ2n) is 3.78. The molecule has 2 aliphatic carbocycles. The lowest BCUT2D eigenvalue weighted by Gasteiger charge is -2.29. The maximum Gasteiger partial charge on any atom is 0.0965 e. The van der Waals surface area contributed by atoms with Crippen molar-refractivity contribution in [3.05, 3.63) is 23.5 Å². The Balaban J connectivity index is 2.24. The van der Waals surface area contributed by atoms with Crippen LogP contribution < -0.4 is 0 Å². The van der Waals surface area contributed by atoms with Gasteiger partial charge in [0.15, 0.2) is 0 Å². The van der Waals surface area contributed by atoms with Crippen molar-refractivity contribution in [1.29, 1.82) is 0 Å². The zero-order valence-corrected chi connectivity index (χ0v) is 8.36. The summed E-state index contributed by atoms with van der Waals surface area (Å²) in [7, 11) is 1.68. The number of nitrogens with zero attached hydrogens (tertiary/aromatic N) is 1. The van der Waals surface area contributed by atoms with Crippen molar-refractivity contribution in [1.82, 2.24) is 0 Å². The van der Waals surface area contributed by atoms with Gasteiger partial charge in [0.05, 0.1) is 18.6 Å². The van der Waals surface area contributed by atoms with Gasteiger partial charge in [-0.2, -0.15) is 0 Å². The molecule has 1 unspecified atom stereocenters. The fraction of sp³-hybridized carbons (Fsp3) is 0.545. The van der Waals surface area contributed by atoms with Gasteiger partial charge in [-0.25, -0.2) is 0 Å². The highest BCUT2D eigenvalue weighted by Crippen LogP contribution is 2.35. The van der Waals surface area contributed by atoms with Crippen molar-refractivity contribution in [2.75, 3.05) is 7.11 Å². The third kappa shape index (κ3) is 1.54. The molecule has 0 aliphatic heterocycles. The quantitative estimate of drug-likeness (QED) is 0.513. The minimum Gasteiger partial charge on any atom is -0.501 e. The van der Waals surface area contributed by atoms with E-state index in [9.17, 15) is 0 Å². The zero-order valence-electron chi connectivity index (χ0n) is 8.36. The van der Waals surface area contributed by atoms with E-state index in [0.29, 0.717) is 0 Å². The van der Waals surface area contributed by atoms with Gasteiger partial charge in [-0.1, -0.05) is 16.8 Å². The van der Waals surface area contributed by atoms with Crippen LogP contribution in [0.15, 0.2) is 28.6 Å². The normalized spacial score (nSPS) is 29.2. The van der Waals surface area contributed by atoms with Crippen LogP contribution >= 0.6 is 0 Å². The van der Waals surface area contributed by atoms with E-state index in [0.717, 1.165) is 37.2 Å². The minimum absolute atomic E-state index is 0.286. The predicted molar refractivity (Wildman–Crippen MR) is 54.4 cm³/mol. The molecule has 76 valence electrons. The largest absolute Gasteiger partial charge is 0.501 e. The smallest absolute Gasteiger partial charge is 0.0965 e. The van der Waals surface area contributed by atoms with Crippen molar-refractivity contribution in [2.45, 2.75) is 25.7 Å². The Kier molecular flexibility index (Phi) is 2.57. The molecule has 0 heterocycles. The Morgan fingerprint density at radius 3 is 3.00 bits per heavy atom. The Bertz CT molecular complexity index is 315. The standard InChI is InChI=1S/C11H15NO2/c1-14-9-6-5-8-3-2-4-11(12-13)10(8)7-9/h5-6,10,13H,2-4,7H2,1H3/b12-11+. The number of rotatable bonds is 1. The highest BCUT2D eigenvalue weighted by Gasteiger charge is 2.28. The summed E-state index contributed by atoms with van der Waals surface area (Å²) in [6, 6.07) is 0. The maximum atomic E-state index is 8.89. The van der Waals surface area contributed by atoms with Crippen molar-refractivity contribution in [3.63, 3.8) is 0 Å². The van der Waals surface area contributed by atoms with E-state index < -0.39 is 0 Å². The van der Waals surface area contributed by atoms with E-state index in [1.54, 1.807) is 7.11 Å². The predicted octanol–water partition coefficient (Wildman–Crippen LogP) is 2.48. The molecule has 14 heavy (non-hydrogen) atoms. The van der Waals surface area contributed by atoms with Crippen LogP contribution in [0.5, 0.6) is 0 Å². The summed E-state index contributed by atoms with van der Waals surface area (Å²) < 4.78 is 5.21. The summed E-state index contributed by atoms with van der Waals surface area (Å²) >= 11 is 0. The first-order chi connectivity index (χ1) is 6.85. The Morgan fingerprint density at radius 1 is 1.43 bits per heavy atom. The summed E-state index contributed by atoms with van der Waals surface area (Å²) in [6.45, 7) is 0.